The lowest BCUT2D eigenvalue weighted by molar-refractivity contribution is 0.0911. The van der Waals surface area contributed by atoms with E-state index in [1.54, 1.807) is 11.3 Å². The summed E-state index contributed by atoms with van der Waals surface area (Å²) in [7, 11) is 0. The summed E-state index contributed by atoms with van der Waals surface area (Å²) in [5.41, 5.74) is 4.36. The molecule has 3 rings (SSSR count). The first-order valence-corrected chi connectivity index (χ1v) is 8.35. The molecule has 1 aliphatic rings. The summed E-state index contributed by atoms with van der Waals surface area (Å²) in [5, 5.41) is 1.01. The number of ketones is 1. The van der Waals surface area contributed by atoms with Crippen LogP contribution in [0.5, 0.6) is 0 Å². The Bertz CT molecular complexity index is 721. The number of hydrogen-bond acceptors (Lipinski definition) is 3. The van der Waals surface area contributed by atoms with E-state index in [-0.39, 0.29) is 11.2 Å². The van der Waals surface area contributed by atoms with Crippen molar-refractivity contribution in [3.8, 4) is 5.13 Å². The van der Waals surface area contributed by atoms with Crippen molar-refractivity contribution in [3.63, 3.8) is 0 Å². The normalized spacial score (nSPS) is 17.1. The highest BCUT2D eigenvalue weighted by molar-refractivity contribution is 7.14. The van der Waals surface area contributed by atoms with Gasteiger partial charge in [0.15, 0.2) is 10.9 Å². The molecule has 0 aliphatic heterocycles. The first-order valence-electron chi connectivity index (χ1n) is 7.53. The molecule has 0 atom stereocenters. The van der Waals surface area contributed by atoms with Crippen molar-refractivity contribution < 1.29 is 4.79 Å². The fraction of sp³-hybridized carbons (Fsp3) is 0.529. The van der Waals surface area contributed by atoms with E-state index in [9.17, 15) is 4.79 Å². The predicted octanol–water partition coefficient (Wildman–Crippen LogP) is 4.27. The molecule has 0 unspecified atom stereocenters. The van der Waals surface area contributed by atoms with Crippen LogP contribution in [0.2, 0.25) is 0 Å². The molecular weight excluding hydrogens is 280 g/mol. The van der Waals surface area contributed by atoms with Crippen LogP contribution in [0.25, 0.3) is 5.13 Å². The molecule has 112 valence electrons. The molecule has 2 aromatic heterocycles. The standard InChI is InChI=1S/C17H22N2OS/c1-6-13-11(3)21-16(18-13)19-10(2)7-12-14(19)8-17(4,5)9-15(12)20/h7H,6,8-9H2,1-5H3. The molecule has 0 amide bonds. The van der Waals surface area contributed by atoms with Gasteiger partial charge in [-0.1, -0.05) is 20.8 Å². The third kappa shape index (κ3) is 2.35. The van der Waals surface area contributed by atoms with Crippen molar-refractivity contribution in [2.75, 3.05) is 0 Å². The van der Waals surface area contributed by atoms with E-state index in [1.807, 2.05) is 6.07 Å². The molecule has 4 heteroatoms. The summed E-state index contributed by atoms with van der Waals surface area (Å²) >= 11 is 1.73. The highest BCUT2D eigenvalue weighted by Gasteiger charge is 2.34. The van der Waals surface area contributed by atoms with Crippen molar-refractivity contribution in [2.45, 2.75) is 53.9 Å². The van der Waals surface area contributed by atoms with Gasteiger partial charge in [-0.3, -0.25) is 9.36 Å². The van der Waals surface area contributed by atoms with Crippen LogP contribution in [-0.2, 0) is 12.8 Å². The van der Waals surface area contributed by atoms with Crippen LogP contribution >= 0.6 is 11.3 Å². The molecule has 0 N–H and O–H groups in total. The van der Waals surface area contributed by atoms with Gasteiger partial charge < -0.3 is 0 Å². The summed E-state index contributed by atoms with van der Waals surface area (Å²) in [6, 6.07) is 2.04. The maximum Gasteiger partial charge on any atom is 0.194 e. The van der Waals surface area contributed by atoms with E-state index >= 15 is 0 Å². The lowest BCUT2D eigenvalue weighted by Crippen LogP contribution is -2.27. The Morgan fingerprint density at radius 3 is 2.67 bits per heavy atom. The molecule has 0 aromatic carbocycles. The third-order valence-corrected chi connectivity index (χ3v) is 5.28. The minimum Gasteiger partial charge on any atom is -0.294 e. The number of thiazole rings is 1. The number of fused-ring (bicyclic) bond motifs is 1. The SMILES string of the molecule is CCc1nc(-n2c(C)cc3c2CC(C)(C)CC3=O)sc1C. The first-order chi connectivity index (χ1) is 9.82. The molecule has 0 bridgehead atoms. The highest BCUT2D eigenvalue weighted by Crippen LogP contribution is 2.38. The summed E-state index contributed by atoms with van der Waals surface area (Å²) in [5.74, 6) is 0.270. The number of nitrogens with zero attached hydrogens (tertiary/aromatic N) is 2. The van der Waals surface area contributed by atoms with E-state index < -0.39 is 0 Å². The molecule has 0 spiro atoms. The summed E-state index contributed by atoms with van der Waals surface area (Å²) < 4.78 is 2.20. The quantitative estimate of drug-likeness (QED) is 0.830. The van der Waals surface area contributed by atoms with Gasteiger partial charge >= 0.3 is 0 Å². The van der Waals surface area contributed by atoms with E-state index in [2.05, 4.69) is 39.2 Å². The van der Waals surface area contributed by atoms with Crippen molar-refractivity contribution in [3.05, 3.63) is 33.6 Å². The van der Waals surface area contributed by atoms with E-state index in [0.29, 0.717) is 6.42 Å². The molecule has 0 saturated carbocycles. The van der Waals surface area contributed by atoms with Crippen LogP contribution in [0.4, 0.5) is 0 Å². The van der Waals surface area contributed by atoms with Gasteiger partial charge in [-0.2, -0.15) is 0 Å². The van der Waals surface area contributed by atoms with Gasteiger partial charge in [0.2, 0.25) is 0 Å². The number of aryl methyl sites for hydroxylation is 3. The lowest BCUT2D eigenvalue weighted by atomic mass is 9.76. The molecule has 0 saturated heterocycles. The highest BCUT2D eigenvalue weighted by atomic mass is 32.1. The number of carbonyl (C=O) groups excluding carboxylic acids is 1. The van der Waals surface area contributed by atoms with Crippen LogP contribution in [-0.4, -0.2) is 15.3 Å². The van der Waals surface area contributed by atoms with Gasteiger partial charge in [-0.15, -0.1) is 11.3 Å². The lowest BCUT2D eigenvalue weighted by Gasteiger charge is -2.29. The third-order valence-electron chi connectivity index (χ3n) is 4.28. The van der Waals surface area contributed by atoms with Crippen LogP contribution in [0.15, 0.2) is 6.07 Å². The molecule has 0 radical (unpaired) electrons. The molecule has 21 heavy (non-hydrogen) atoms. The Balaban J connectivity index is 2.18. The average Bonchev–Trinajstić information content (AvgIpc) is 2.88. The van der Waals surface area contributed by atoms with Crippen molar-refractivity contribution in [1.82, 2.24) is 9.55 Å². The molecule has 2 aromatic rings. The zero-order valence-corrected chi connectivity index (χ0v) is 14.2. The first kappa shape index (κ1) is 14.5. The Morgan fingerprint density at radius 1 is 1.33 bits per heavy atom. The maximum atomic E-state index is 12.4. The zero-order chi connectivity index (χ0) is 15.4. The summed E-state index contributed by atoms with van der Waals surface area (Å²) in [6.45, 7) is 10.7. The Morgan fingerprint density at radius 2 is 2.05 bits per heavy atom. The Hall–Kier alpha value is -1.42. The largest absolute Gasteiger partial charge is 0.294 e. The molecule has 2 heterocycles. The number of carbonyl (C=O) groups is 1. The summed E-state index contributed by atoms with van der Waals surface area (Å²) in [4.78, 5) is 18.5. The second kappa shape index (κ2) is 4.80. The van der Waals surface area contributed by atoms with Crippen molar-refractivity contribution >= 4 is 17.1 Å². The molecule has 0 fully saturated rings. The maximum absolute atomic E-state index is 12.4. The number of aromatic nitrogens is 2. The number of Topliss-reactive ketones (excluding diaryl/α,β-unsaturated/α-hetero) is 1. The second-order valence-electron chi connectivity index (χ2n) is 6.78. The Kier molecular flexibility index (Phi) is 3.32. The van der Waals surface area contributed by atoms with E-state index in [0.717, 1.165) is 34.9 Å². The van der Waals surface area contributed by atoms with Gasteiger partial charge in [0, 0.05) is 28.2 Å². The minimum absolute atomic E-state index is 0.0342. The minimum atomic E-state index is 0.0342. The number of rotatable bonds is 2. The van der Waals surface area contributed by atoms with Crippen LogP contribution in [0.3, 0.4) is 0 Å². The van der Waals surface area contributed by atoms with Gasteiger partial charge in [0.1, 0.15) is 0 Å². The van der Waals surface area contributed by atoms with Crippen LogP contribution in [0, 0.1) is 19.3 Å². The smallest absolute Gasteiger partial charge is 0.194 e. The van der Waals surface area contributed by atoms with E-state index in [1.165, 1.54) is 10.6 Å². The molecule has 1 aliphatic carbocycles. The average molecular weight is 302 g/mol. The van der Waals surface area contributed by atoms with Crippen molar-refractivity contribution in [1.29, 1.82) is 0 Å². The number of hydrogen-bond donors (Lipinski definition) is 0. The topological polar surface area (TPSA) is 34.9 Å². The predicted molar refractivity (Wildman–Crippen MR) is 86.7 cm³/mol. The van der Waals surface area contributed by atoms with Gasteiger partial charge in [-0.25, -0.2) is 4.98 Å². The van der Waals surface area contributed by atoms with Crippen molar-refractivity contribution in [2.24, 2.45) is 5.41 Å². The Labute approximate surface area is 130 Å². The monoisotopic (exact) mass is 302 g/mol. The molecular formula is C17H22N2OS. The van der Waals surface area contributed by atoms with Gasteiger partial charge in [-0.05, 0) is 38.2 Å². The van der Waals surface area contributed by atoms with Crippen LogP contribution < -0.4 is 0 Å². The summed E-state index contributed by atoms with van der Waals surface area (Å²) in [6.07, 6.45) is 2.53. The van der Waals surface area contributed by atoms with E-state index in [4.69, 9.17) is 4.98 Å². The molecule has 3 nitrogen and oxygen atoms in total. The van der Waals surface area contributed by atoms with Gasteiger partial charge in [0.05, 0.1) is 5.69 Å². The zero-order valence-electron chi connectivity index (χ0n) is 13.4. The second-order valence-corrected chi connectivity index (χ2v) is 7.96. The fourth-order valence-electron chi connectivity index (χ4n) is 3.25. The van der Waals surface area contributed by atoms with Gasteiger partial charge in [0.25, 0.3) is 0 Å². The van der Waals surface area contributed by atoms with Crippen LogP contribution in [0.1, 0.15) is 59.5 Å². The fourth-order valence-corrected chi connectivity index (χ4v) is 4.34.